The number of rotatable bonds is 4. The molecular formula is C21H17ClN2O3. The lowest BCUT2D eigenvalue weighted by Crippen LogP contribution is -2.44. The van der Waals surface area contributed by atoms with E-state index < -0.39 is 5.97 Å². The Bertz CT molecular complexity index is 1010. The van der Waals surface area contributed by atoms with Crippen LogP contribution < -0.4 is 0 Å². The van der Waals surface area contributed by atoms with Crippen molar-refractivity contribution in [2.24, 2.45) is 0 Å². The van der Waals surface area contributed by atoms with E-state index in [9.17, 15) is 9.59 Å². The van der Waals surface area contributed by atoms with Gasteiger partial charge in [0.1, 0.15) is 0 Å². The molecule has 2 heterocycles. The Hall–Kier alpha value is -2.92. The summed E-state index contributed by atoms with van der Waals surface area (Å²) in [5.74, 6) is -0.691. The Morgan fingerprint density at radius 2 is 1.81 bits per heavy atom. The maximum absolute atomic E-state index is 12.7. The van der Waals surface area contributed by atoms with E-state index in [1.54, 1.807) is 23.1 Å². The second kappa shape index (κ2) is 7.37. The average Bonchev–Trinajstić information content (AvgIpc) is 2.64. The van der Waals surface area contributed by atoms with E-state index in [1.165, 1.54) is 0 Å². The van der Waals surface area contributed by atoms with Gasteiger partial charge in [0.2, 0.25) is 0 Å². The maximum atomic E-state index is 12.7. The minimum absolute atomic E-state index is 0.161. The van der Waals surface area contributed by atoms with Gasteiger partial charge in [-0.3, -0.25) is 4.79 Å². The number of aromatic nitrogens is 1. The van der Waals surface area contributed by atoms with Gasteiger partial charge in [-0.05, 0) is 30.7 Å². The quantitative estimate of drug-likeness (QED) is 0.643. The molecule has 0 N–H and O–H groups in total. The predicted molar refractivity (Wildman–Crippen MR) is 104 cm³/mol. The molecule has 3 aromatic rings. The molecule has 1 fully saturated rings. The molecule has 2 aromatic carbocycles. The summed E-state index contributed by atoms with van der Waals surface area (Å²) in [6.07, 6.45) is 0.999. The van der Waals surface area contributed by atoms with Crippen LogP contribution in [-0.4, -0.2) is 41.5 Å². The Morgan fingerprint density at radius 3 is 2.52 bits per heavy atom. The molecule has 6 heteroatoms. The number of esters is 1. The van der Waals surface area contributed by atoms with Crippen LogP contribution in [0, 0.1) is 0 Å². The zero-order valence-electron chi connectivity index (χ0n) is 14.5. The van der Waals surface area contributed by atoms with Crippen molar-refractivity contribution >= 4 is 34.4 Å². The molecule has 0 radical (unpaired) electrons. The summed E-state index contributed by atoms with van der Waals surface area (Å²) in [4.78, 5) is 31.0. The summed E-state index contributed by atoms with van der Waals surface area (Å²) in [5.41, 5.74) is 2.56. The lowest BCUT2D eigenvalue weighted by atomic mass is 10.0. The first-order chi connectivity index (χ1) is 13.1. The van der Waals surface area contributed by atoms with Gasteiger partial charge < -0.3 is 9.64 Å². The second-order valence-electron chi connectivity index (χ2n) is 6.39. The van der Waals surface area contributed by atoms with Crippen LogP contribution in [0.3, 0.4) is 0 Å². The number of benzene rings is 2. The van der Waals surface area contributed by atoms with Gasteiger partial charge in [0.05, 0.1) is 16.8 Å². The smallest absolute Gasteiger partial charge is 0.339 e. The van der Waals surface area contributed by atoms with Gasteiger partial charge in [0.15, 0.2) is 6.61 Å². The summed E-state index contributed by atoms with van der Waals surface area (Å²) in [6, 6.07) is 16.3. The molecule has 0 saturated carbocycles. The molecule has 1 amide bonds. The number of likely N-dealkylation sites (tertiary alicyclic amines) is 1. The highest BCUT2D eigenvalue weighted by Gasteiger charge is 2.22. The molecule has 0 aliphatic carbocycles. The van der Waals surface area contributed by atoms with Gasteiger partial charge in [-0.15, -0.1) is 0 Å². The summed E-state index contributed by atoms with van der Waals surface area (Å²) in [6.45, 7) is 1.22. The van der Waals surface area contributed by atoms with Crippen molar-refractivity contribution in [3.63, 3.8) is 0 Å². The van der Waals surface area contributed by atoms with Crippen LogP contribution in [0.15, 0.2) is 54.6 Å². The fourth-order valence-electron chi connectivity index (χ4n) is 2.97. The minimum Gasteiger partial charge on any atom is -0.452 e. The standard InChI is InChI=1S/C21H17ClN2O3/c22-15-8-6-14(7-9-15)19-12-17(16-4-1-2-5-18(16)23-19)21(26)27-13-20(25)24-10-3-11-24/h1-2,4-9,12H,3,10-11,13H2. The van der Waals surface area contributed by atoms with E-state index in [-0.39, 0.29) is 12.5 Å². The van der Waals surface area contributed by atoms with Gasteiger partial charge in [0, 0.05) is 29.1 Å². The van der Waals surface area contributed by atoms with Gasteiger partial charge in [-0.1, -0.05) is 41.9 Å². The Kier molecular flexibility index (Phi) is 4.77. The molecule has 0 spiro atoms. The van der Waals surface area contributed by atoms with Crippen LogP contribution in [0.2, 0.25) is 5.02 Å². The number of para-hydroxylation sites is 1. The molecule has 0 atom stereocenters. The van der Waals surface area contributed by atoms with Crippen molar-refractivity contribution in [2.45, 2.75) is 6.42 Å². The van der Waals surface area contributed by atoms with Crippen molar-refractivity contribution < 1.29 is 14.3 Å². The van der Waals surface area contributed by atoms with Crippen LogP contribution in [-0.2, 0) is 9.53 Å². The van der Waals surface area contributed by atoms with E-state index in [0.717, 1.165) is 25.1 Å². The van der Waals surface area contributed by atoms with Crippen LogP contribution in [0.25, 0.3) is 22.2 Å². The summed E-state index contributed by atoms with van der Waals surface area (Å²) < 4.78 is 5.29. The SMILES string of the molecule is O=C(OCC(=O)N1CCC1)c1cc(-c2ccc(Cl)cc2)nc2ccccc12. The summed E-state index contributed by atoms with van der Waals surface area (Å²) in [7, 11) is 0. The van der Waals surface area contributed by atoms with Gasteiger partial charge in [-0.25, -0.2) is 9.78 Å². The van der Waals surface area contributed by atoms with Crippen molar-refractivity contribution in [3.05, 3.63) is 65.2 Å². The number of halogens is 1. The lowest BCUT2D eigenvalue weighted by molar-refractivity contribution is -0.137. The van der Waals surface area contributed by atoms with Gasteiger partial charge in [0.25, 0.3) is 5.91 Å². The Labute approximate surface area is 161 Å². The molecule has 27 heavy (non-hydrogen) atoms. The highest BCUT2D eigenvalue weighted by molar-refractivity contribution is 6.30. The molecule has 0 bridgehead atoms. The number of carbonyl (C=O) groups is 2. The van der Waals surface area contributed by atoms with Crippen molar-refractivity contribution in [3.8, 4) is 11.3 Å². The number of hydrogen-bond acceptors (Lipinski definition) is 4. The third kappa shape index (κ3) is 3.64. The molecule has 1 saturated heterocycles. The van der Waals surface area contributed by atoms with E-state index >= 15 is 0 Å². The monoisotopic (exact) mass is 380 g/mol. The molecule has 136 valence electrons. The zero-order valence-corrected chi connectivity index (χ0v) is 15.3. The number of ether oxygens (including phenoxy) is 1. The average molecular weight is 381 g/mol. The van der Waals surface area contributed by atoms with Crippen LogP contribution in [0.1, 0.15) is 16.8 Å². The van der Waals surface area contributed by atoms with Gasteiger partial charge in [-0.2, -0.15) is 0 Å². The van der Waals surface area contributed by atoms with Crippen LogP contribution >= 0.6 is 11.6 Å². The predicted octanol–water partition coefficient (Wildman–Crippen LogP) is 3.94. The number of carbonyl (C=O) groups excluding carboxylic acids is 2. The highest BCUT2D eigenvalue weighted by atomic mass is 35.5. The molecule has 0 unspecified atom stereocenters. The lowest BCUT2D eigenvalue weighted by Gasteiger charge is -2.30. The second-order valence-corrected chi connectivity index (χ2v) is 6.83. The summed E-state index contributed by atoms with van der Waals surface area (Å²) >= 11 is 5.96. The Morgan fingerprint density at radius 1 is 1.07 bits per heavy atom. The minimum atomic E-state index is -0.530. The number of hydrogen-bond donors (Lipinski definition) is 0. The number of amides is 1. The van der Waals surface area contributed by atoms with Gasteiger partial charge >= 0.3 is 5.97 Å². The van der Waals surface area contributed by atoms with Crippen molar-refractivity contribution in [2.75, 3.05) is 19.7 Å². The third-order valence-electron chi connectivity index (χ3n) is 4.61. The van der Waals surface area contributed by atoms with E-state index in [2.05, 4.69) is 4.98 Å². The number of nitrogens with zero attached hydrogens (tertiary/aromatic N) is 2. The first-order valence-corrected chi connectivity index (χ1v) is 9.10. The summed E-state index contributed by atoms with van der Waals surface area (Å²) in [5, 5.41) is 1.32. The normalized spacial score (nSPS) is 13.3. The highest BCUT2D eigenvalue weighted by Crippen LogP contribution is 2.26. The molecule has 1 aliphatic rings. The molecule has 5 nitrogen and oxygen atoms in total. The molecular weight excluding hydrogens is 364 g/mol. The third-order valence-corrected chi connectivity index (χ3v) is 4.86. The van der Waals surface area contributed by atoms with E-state index in [0.29, 0.717) is 27.2 Å². The fourth-order valence-corrected chi connectivity index (χ4v) is 3.10. The van der Waals surface area contributed by atoms with E-state index in [4.69, 9.17) is 16.3 Å². The number of fused-ring (bicyclic) bond motifs is 1. The largest absolute Gasteiger partial charge is 0.452 e. The maximum Gasteiger partial charge on any atom is 0.339 e. The molecule has 4 rings (SSSR count). The van der Waals surface area contributed by atoms with E-state index in [1.807, 2.05) is 36.4 Å². The topological polar surface area (TPSA) is 59.5 Å². The van der Waals surface area contributed by atoms with Crippen molar-refractivity contribution in [1.29, 1.82) is 0 Å². The zero-order chi connectivity index (χ0) is 18.8. The number of pyridine rings is 1. The van der Waals surface area contributed by atoms with Crippen LogP contribution in [0.4, 0.5) is 0 Å². The first kappa shape index (κ1) is 17.5. The van der Waals surface area contributed by atoms with Crippen LogP contribution in [0.5, 0.6) is 0 Å². The Balaban J connectivity index is 1.66. The molecule has 1 aliphatic heterocycles. The van der Waals surface area contributed by atoms with Crippen molar-refractivity contribution in [1.82, 2.24) is 9.88 Å². The first-order valence-electron chi connectivity index (χ1n) is 8.72. The fraction of sp³-hybridized carbons (Fsp3) is 0.190. The molecule has 1 aromatic heterocycles.